The minimum atomic E-state index is -2.90. The van der Waals surface area contributed by atoms with E-state index in [2.05, 4.69) is 9.47 Å². The normalized spacial score (nSPS) is 11.8. The van der Waals surface area contributed by atoms with E-state index in [0.717, 1.165) is 0 Å². The SMILES string of the molecule is COC(=O)C(C)OC(=O)Cc1ccc(OC(F)F)cc1. The maximum Gasteiger partial charge on any atom is 0.387 e. The van der Waals surface area contributed by atoms with Crippen molar-refractivity contribution in [3.8, 4) is 5.75 Å². The molecule has 1 aromatic carbocycles. The molecular weight excluding hydrogens is 274 g/mol. The largest absolute Gasteiger partial charge is 0.466 e. The fourth-order valence-electron chi connectivity index (χ4n) is 1.41. The quantitative estimate of drug-likeness (QED) is 0.749. The number of ether oxygens (including phenoxy) is 3. The number of alkyl halides is 2. The number of hydrogen-bond acceptors (Lipinski definition) is 5. The van der Waals surface area contributed by atoms with Gasteiger partial charge in [-0.15, -0.1) is 0 Å². The van der Waals surface area contributed by atoms with Crippen LogP contribution in [-0.2, 0) is 25.5 Å². The van der Waals surface area contributed by atoms with Crippen LogP contribution in [0.25, 0.3) is 0 Å². The lowest BCUT2D eigenvalue weighted by atomic mass is 10.1. The summed E-state index contributed by atoms with van der Waals surface area (Å²) in [6.07, 6.45) is -1.08. The lowest BCUT2D eigenvalue weighted by Crippen LogP contribution is -2.26. The van der Waals surface area contributed by atoms with E-state index in [-0.39, 0.29) is 12.2 Å². The zero-order valence-electron chi connectivity index (χ0n) is 11.0. The van der Waals surface area contributed by atoms with Gasteiger partial charge in [0.05, 0.1) is 13.5 Å². The van der Waals surface area contributed by atoms with Crippen LogP contribution in [0.3, 0.4) is 0 Å². The molecule has 0 aliphatic carbocycles. The lowest BCUT2D eigenvalue weighted by Gasteiger charge is -2.11. The van der Waals surface area contributed by atoms with Crippen LogP contribution in [0.2, 0.25) is 0 Å². The van der Waals surface area contributed by atoms with Crippen LogP contribution in [0.4, 0.5) is 8.78 Å². The summed E-state index contributed by atoms with van der Waals surface area (Å²) in [5.41, 5.74) is 0.550. The van der Waals surface area contributed by atoms with Crippen LogP contribution in [0.5, 0.6) is 5.75 Å². The average Bonchev–Trinajstić information content (AvgIpc) is 2.39. The Bertz CT molecular complexity index is 458. The van der Waals surface area contributed by atoms with E-state index in [1.165, 1.54) is 38.3 Å². The molecule has 0 heterocycles. The van der Waals surface area contributed by atoms with Crippen molar-refractivity contribution >= 4 is 11.9 Å². The van der Waals surface area contributed by atoms with Gasteiger partial charge in [-0.25, -0.2) is 4.79 Å². The van der Waals surface area contributed by atoms with Crippen molar-refractivity contribution in [2.45, 2.75) is 26.1 Å². The van der Waals surface area contributed by atoms with Crippen molar-refractivity contribution < 1.29 is 32.6 Å². The number of hydrogen-bond donors (Lipinski definition) is 0. The molecule has 1 unspecified atom stereocenters. The zero-order valence-corrected chi connectivity index (χ0v) is 11.0. The third kappa shape index (κ3) is 5.21. The fraction of sp³-hybridized carbons (Fsp3) is 0.385. The Morgan fingerprint density at radius 2 is 1.80 bits per heavy atom. The van der Waals surface area contributed by atoms with Gasteiger partial charge in [0.2, 0.25) is 0 Å². The van der Waals surface area contributed by atoms with Gasteiger partial charge in [-0.2, -0.15) is 8.78 Å². The Morgan fingerprint density at radius 1 is 1.20 bits per heavy atom. The first-order chi connectivity index (χ1) is 9.42. The van der Waals surface area contributed by atoms with Gasteiger partial charge >= 0.3 is 18.6 Å². The zero-order chi connectivity index (χ0) is 15.1. The molecule has 1 rings (SSSR count). The smallest absolute Gasteiger partial charge is 0.387 e. The van der Waals surface area contributed by atoms with E-state index >= 15 is 0 Å². The second-order valence-electron chi connectivity index (χ2n) is 3.85. The minimum Gasteiger partial charge on any atom is -0.466 e. The van der Waals surface area contributed by atoms with Gasteiger partial charge in [0.15, 0.2) is 6.10 Å². The molecule has 0 radical (unpaired) electrons. The number of carbonyl (C=O) groups excluding carboxylic acids is 2. The highest BCUT2D eigenvalue weighted by atomic mass is 19.3. The third-order valence-corrected chi connectivity index (χ3v) is 2.34. The molecule has 0 bridgehead atoms. The summed E-state index contributed by atoms with van der Waals surface area (Å²) in [4.78, 5) is 22.6. The molecule has 20 heavy (non-hydrogen) atoms. The van der Waals surface area contributed by atoms with E-state index in [0.29, 0.717) is 5.56 Å². The Morgan fingerprint density at radius 3 is 2.30 bits per heavy atom. The highest BCUT2D eigenvalue weighted by Crippen LogP contribution is 2.15. The Balaban J connectivity index is 2.52. The van der Waals surface area contributed by atoms with Crippen molar-refractivity contribution in [1.82, 2.24) is 0 Å². The molecule has 1 atom stereocenters. The van der Waals surface area contributed by atoms with Gasteiger partial charge in [-0.1, -0.05) is 12.1 Å². The van der Waals surface area contributed by atoms with Gasteiger partial charge in [-0.3, -0.25) is 4.79 Å². The molecule has 7 heteroatoms. The summed E-state index contributed by atoms with van der Waals surface area (Å²) in [6, 6.07) is 5.56. The summed E-state index contributed by atoms with van der Waals surface area (Å²) >= 11 is 0. The number of carbonyl (C=O) groups is 2. The molecule has 1 aromatic rings. The van der Waals surface area contributed by atoms with Gasteiger partial charge in [0.25, 0.3) is 0 Å². The van der Waals surface area contributed by atoms with E-state index in [1.807, 2.05) is 0 Å². The summed E-state index contributed by atoms with van der Waals surface area (Å²) in [6.45, 7) is -1.50. The predicted octanol–water partition coefficient (Wildman–Crippen LogP) is 1.94. The van der Waals surface area contributed by atoms with E-state index in [4.69, 9.17) is 4.74 Å². The van der Waals surface area contributed by atoms with Gasteiger partial charge in [0, 0.05) is 0 Å². The van der Waals surface area contributed by atoms with E-state index in [9.17, 15) is 18.4 Å². The number of benzene rings is 1. The highest BCUT2D eigenvalue weighted by Gasteiger charge is 2.18. The second-order valence-corrected chi connectivity index (χ2v) is 3.85. The summed E-state index contributed by atoms with van der Waals surface area (Å²) in [5, 5.41) is 0. The first-order valence-electron chi connectivity index (χ1n) is 5.73. The average molecular weight is 288 g/mol. The standard InChI is InChI=1S/C13H14F2O5/c1-8(12(17)18-2)19-11(16)7-9-3-5-10(6-4-9)20-13(14)15/h3-6,8,13H,7H2,1-2H3. The molecule has 110 valence electrons. The van der Waals surface area contributed by atoms with Gasteiger partial charge < -0.3 is 14.2 Å². The molecule has 5 nitrogen and oxygen atoms in total. The number of methoxy groups -OCH3 is 1. The van der Waals surface area contributed by atoms with Gasteiger partial charge in [-0.05, 0) is 24.6 Å². The number of rotatable bonds is 6. The highest BCUT2D eigenvalue weighted by molar-refractivity contribution is 5.79. The first kappa shape index (κ1) is 15.9. The van der Waals surface area contributed by atoms with Crippen LogP contribution in [0.15, 0.2) is 24.3 Å². The molecular formula is C13H14F2O5. The third-order valence-electron chi connectivity index (χ3n) is 2.34. The van der Waals surface area contributed by atoms with E-state index in [1.54, 1.807) is 0 Å². The molecule has 0 amide bonds. The minimum absolute atomic E-state index is 0.0000427. The van der Waals surface area contributed by atoms with Crippen LogP contribution in [0.1, 0.15) is 12.5 Å². The second kappa shape index (κ2) is 7.42. The van der Waals surface area contributed by atoms with Crippen molar-refractivity contribution in [1.29, 1.82) is 0 Å². The molecule has 0 spiro atoms. The van der Waals surface area contributed by atoms with Gasteiger partial charge in [0.1, 0.15) is 5.75 Å². The topological polar surface area (TPSA) is 61.8 Å². The molecule has 0 N–H and O–H groups in total. The monoisotopic (exact) mass is 288 g/mol. The summed E-state index contributed by atoms with van der Waals surface area (Å²) in [5.74, 6) is -1.27. The lowest BCUT2D eigenvalue weighted by molar-refractivity contribution is -0.164. The first-order valence-corrected chi connectivity index (χ1v) is 5.73. The summed E-state index contributed by atoms with van der Waals surface area (Å²) in [7, 11) is 1.19. The molecule has 0 aliphatic rings. The number of halogens is 2. The predicted molar refractivity (Wildman–Crippen MR) is 64.3 cm³/mol. The molecule has 0 saturated carbocycles. The van der Waals surface area contributed by atoms with Crippen molar-refractivity contribution in [3.63, 3.8) is 0 Å². The van der Waals surface area contributed by atoms with Crippen LogP contribution >= 0.6 is 0 Å². The van der Waals surface area contributed by atoms with Crippen LogP contribution in [0, 0.1) is 0 Å². The molecule has 0 fully saturated rings. The maximum absolute atomic E-state index is 11.9. The fourth-order valence-corrected chi connectivity index (χ4v) is 1.41. The van der Waals surface area contributed by atoms with Crippen molar-refractivity contribution in [2.75, 3.05) is 7.11 Å². The maximum atomic E-state index is 11.9. The Labute approximate surface area is 114 Å². The van der Waals surface area contributed by atoms with Crippen LogP contribution in [-0.4, -0.2) is 31.8 Å². The number of esters is 2. The van der Waals surface area contributed by atoms with Crippen molar-refractivity contribution in [2.24, 2.45) is 0 Å². The molecule has 0 aliphatic heterocycles. The van der Waals surface area contributed by atoms with E-state index < -0.39 is 24.7 Å². The Hall–Kier alpha value is -2.18. The van der Waals surface area contributed by atoms with Crippen molar-refractivity contribution in [3.05, 3.63) is 29.8 Å². The molecule has 0 aromatic heterocycles. The summed E-state index contributed by atoms with van der Waals surface area (Å²) < 4.78 is 37.3. The van der Waals surface area contributed by atoms with Crippen LogP contribution < -0.4 is 4.74 Å². The molecule has 0 saturated heterocycles. The Kier molecular flexibility index (Phi) is 5.89.